The number of nitrogens with two attached hydrogens (primary N) is 1. The fourth-order valence-electron chi connectivity index (χ4n) is 2.10. The van der Waals surface area contributed by atoms with Crippen LogP contribution in [0.15, 0.2) is 47.2 Å². The van der Waals surface area contributed by atoms with Crippen molar-refractivity contribution >= 4 is 15.9 Å². The summed E-state index contributed by atoms with van der Waals surface area (Å²) in [5, 5.41) is 0. The average molecular weight is 338 g/mol. The van der Waals surface area contributed by atoms with E-state index in [1.807, 2.05) is 18.3 Å². The summed E-state index contributed by atoms with van der Waals surface area (Å²) in [4.78, 5) is 4.09. The normalized spacial score (nSPS) is 12.3. The summed E-state index contributed by atoms with van der Waals surface area (Å²) in [5.41, 5.74) is 4.89. The smallest absolute Gasteiger partial charge is 0.123 e. The van der Waals surface area contributed by atoms with E-state index in [-0.39, 0.29) is 11.9 Å². The third kappa shape index (κ3) is 4.37. The van der Waals surface area contributed by atoms with Gasteiger partial charge in [-0.2, -0.15) is 0 Å². The third-order valence-corrected chi connectivity index (χ3v) is 3.99. The van der Waals surface area contributed by atoms with Crippen molar-refractivity contribution in [2.45, 2.75) is 25.3 Å². The topological polar surface area (TPSA) is 50.9 Å². The maximum atomic E-state index is 13.3. The van der Waals surface area contributed by atoms with Gasteiger partial charge in [0, 0.05) is 22.9 Å². The minimum atomic E-state index is -0.230. The number of rotatable bonds is 6. The number of nitrogens with one attached hydrogen (secondary N) is 1. The van der Waals surface area contributed by atoms with E-state index in [2.05, 4.69) is 26.3 Å². The number of benzene rings is 1. The number of pyridine rings is 1. The molecule has 0 saturated carbocycles. The zero-order chi connectivity index (χ0) is 14.4. The molecule has 3 N–H and O–H groups in total. The zero-order valence-corrected chi connectivity index (χ0v) is 12.6. The lowest BCUT2D eigenvalue weighted by molar-refractivity contribution is 0.489. The number of hydrogen-bond donors (Lipinski definition) is 2. The van der Waals surface area contributed by atoms with Crippen LogP contribution in [0.4, 0.5) is 4.39 Å². The predicted octanol–water partition coefficient (Wildman–Crippen LogP) is 2.99. The lowest BCUT2D eigenvalue weighted by Gasteiger charge is -2.16. The number of halogens is 2. The molecular formula is C15H17BrFN3. The Hall–Kier alpha value is -1.30. The van der Waals surface area contributed by atoms with E-state index in [1.54, 1.807) is 18.3 Å². The molecule has 1 heterocycles. The molecule has 1 aromatic carbocycles. The van der Waals surface area contributed by atoms with Gasteiger partial charge >= 0.3 is 0 Å². The van der Waals surface area contributed by atoms with Crippen molar-refractivity contribution in [3.8, 4) is 0 Å². The summed E-state index contributed by atoms with van der Waals surface area (Å²) in [6.07, 6.45) is 6.04. The molecule has 2 aromatic rings. The summed E-state index contributed by atoms with van der Waals surface area (Å²) in [6, 6.07) is 8.75. The van der Waals surface area contributed by atoms with Gasteiger partial charge in [-0.05, 0) is 54.7 Å². The molecule has 0 aliphatic rings. The summed E-state index contributed by atoms with van der Waals surface area (Å²) < 4.78 is 14.2. The van der Waals surface area contributed by atoms with Crippen molar-refractivity contribution in [2.24, 2.45) is 5.84 Å². The molecule has 1 atom stereocenters. The Balaban J connectivity index is 1.97. The van der Waals surface area contributed by atoms with Crippen LogP contribution in [0.5, 0.6) is 0 Å². The van der Waals surface area contributed by atoms with Crippen LogP contribution >= 0.6 is 15.9 Å². The van der Waals surface area contributed by atoms with E-state index in [1.165, 1.54) is 11.6 Å². The van der Waals surface area contributed by atoms with Gasteiger partial charge < -0.3 is 0 Å². The lowest BCUT2D eigenvalue weighted by atomic mass is 10.00. The van der Waals surface area contributed by atoms with Crippen molar-refractivity contribution in [3.63, 3.8) is 0 Å². The van der Waals surface area contributed by atoms with Crippen LogP contribution in [0.2, 0.25) is 0 Å². The second kappa shape index (κ2) is 7.47. The number of hydrazine groups is 1. The monoisotopic (exact) mass is 337 g/mol. The molecule has 2 rings (SSSR count). The Labute approximate surface area is 126 Å². The molecular weight excluding hydrogens is 321 g/mol. The second-order valence-corrected chi connectivity index (χ2v) is 5.56. The molecule has 0 radical (unpaired) electrons. The van der Waals surface area contributed by atoms with Crippen molar-refractivity contribution < 1.29 is 4.39 Å². The van der Waals surface area contributed by atoms with E-state index >= 15 is 0 Å². The number of aryl methyl sites for hydroxylation is 1. The van der Waals surface area contributed by atoms with Crippen LogP contribution in [0, 0.1) is 5.82 Å². The molecule has 0 bridgehead atoms. The van der Waals surface area contributed by atoms with Crippen LogP contribution in [-0.4, -0.2) is 11.0 Å². The van der Waals surface area contributed by atoms with Gasteiger partial charge in [-0.15, -0.1) is 0 Å². The molecule has 0 aliphatic heterocycles. The van der Waals surface area contributed by atoms with Gasteiger partial charge in [0.05, 0.1) is 0 Å². The van der Waals surface area contributed by atoms with E-state index < -0.39 is 0 Å². The first-order valence-electron chi connectivity index (χ1n) is 6.48. The highest BCUT2D eigenvalue weighted by Gasteiger charge is 2.11. The summed E-state index contributed by atoms with van der Waals surface area (Å²) in [5.74, 6) is 5.37. The van der Waals surface area contributed by atoms with Crippen LogP contribution in [0.25, 0.3) is 0 Å². The minimum Gasteiger partial charge on any atom is -0.271 e. The van der Waals surface area contributed by atoms with Gasteiger partial charge in [0.1, 0.15) is 5.82 Å². The molecule has 20 heavy (non-hydrogen) atoms. The molecule has 1 unspecified atom stereocenters. The molecule has 0 saturated heterocycles. The van der Waals surface area contributed by atoms with Crippen LogP contribution < -0.4 is 11.3 Å². The maximum absolute atomic E-state index is 13.3. The molecule has 0 aliphatic carbocycles. The Morgan fingerprint density at radius 2 is 2.20 bits per heavy atom. The molecule has 1 aromatic heterocycles. The van der Waals surface area contributed by atoms with Gasteiger partial charge in [0.2, 0.25) is 0 Å². The van der Waals surface area contributed by atoms with E-state index in [4.69, 9.17) is 5.84 Å². The van der Waals surface area contributed by atoms with Crippen molar-refractivity contribution in [3.05, 3.63) is 64.1 Å². The Morgan fingerprint density at radius 3 is 2.90 bits per heavy atom. The molecule has 3 nitrogen and oxygen atoms in total. The highest BCUT2D eigenvalue weighted by Crippen LogP contribution is 2.20. The van der Waals surface area contributed by atoms with Crippen molar-refractivity contribution in [1.82, 2.24) is 10.4 Å². The molecule has 106 valence electrons. The Morgan fingerprint density at radius 1 is 1.35 bits per heavy atom. The summed E-state index contributed by atoms with van der Waals surface area (Å²) in [6.45, 7) is 0. The SMILES string of the molecule is NNC(CCc1cccnc1)Cc1cc(F)ccc1Br. The van der Waals surface area contributed by atoms with Gasteiger partial charge in [0.25, 0.3) is 0 Å². The standard InChI is InChI=1S/C15H17BrFN3/c16-15-6-4-13(17)8-12(15)9-14(20-18)5-3-11-2-1-7-19-10-11/h1-2,4,6-8,10,14,20H,3,5,9,18H2. The first kappa shape index (κ1) is 15.1. The second-order valence-electron chi connectivity index (χ2n) is 4.70. The van der Waals surface area contributed by atoms with Crippen LogP contribution in [0.3, 0.4) is 0 Å². The molecule has 0 spiro atoms. The van der Waals surface area contributed by atoms with E-state index in [9.17, 15) is 4.39 Å². The minimum absolute atomic E-state index is 0.0910. The fraction of sp³-hybridized carbons (Fsp3) is 0.267. The molecule has 0 amide bonds. The lowest BCUT2D eigenvalue weighted by Crippen LogP contribution is -2.37. The predicted molar refractivity (Wildman–Crippen MR) is 81.5 cm³/mol. The quantitative estimate of drug-likeness (QED) is 0.629. The molecule has 0 fully saturated rings. The highest BCUT2D eigenvalue weighted by molar-refractivity contribution is 9.10. The largest absolute Gasteiger partial charge is 0.271 e. The number of aromatic nitrogens is 1. The van der Waals surface area contributed by atoms with Gasteiger partial charge in [-0.1, -0.05) is 22.0 Å². The highest BCUT2D eigenvalue weighted by atomic mass is 79.9. The zero-order valence-electron chi connectivity index (χ0n) is 11.0. The van der Waals surface area contributed by atoms with Gasteiger partial charge in [-0.25, -0.2) is 4.39 Å². The third-order valence-electron chi connectivity index (χ3n) is 3.21. The fourth-order valence-corrected chi connectivity index (χ4v) is 2.50. The van der Waals surface area contributed by atoms with E-state index in [0.717, 1.165) is 22.9 Å². The average Bonchev–Trinajstić information content (AvgIpc) is 2.48. The number of nitrogens with zero attached hydrogens (tertiary/aromatic N) is 1. The van der Waals surface area contributed by atoms with Gasteiger partial charge in [-0.3, -0.25) is 16.3 Å². The van der Waals surface area contributed by atoms with Crippen molar-refractivity contribution in [1.29, 1.82) is 0 Å². The Bertz CT molecular complexity index is 548. The summed E-state index contributed by atoms with van der Waals surface area (Å²) in [7, 11) is 0. The first-order chi connectivity index (χ1) is 9.69. The maximum Gasteiger partial charge on any atom is 0.123 e. The summed E-state index contributed by atoms with van der Waals surface area (Å²) >= 11 is 3.44. The van der Waals surface area contributed by atoms with Crippen LogP contribution in [-0.2, 0) is 12.8 Å². The molecule has 5 heteroatoms. The Kier molecular flexibility index (Phi) is 5.64. The van der Waals surface area contributed by atoms with Gasteiger partial charge in [0.15, 0.2) is 0 Å². The van der Waals surface area contributed by atoms with Crippen molar-refractivity contribution in [2.75, 3.05) is 0 Å². The van der Waals surface area contributed by atoms with E-state index in [0.29, 0.717) is 6.42 Å². The number of hydrogen-bond acceptors (Lipinski definition) is 3. The first-order valence-corrected chi connectivity index (χ1v) is 7.27. The van der Waals surface area contributed by atoms with Crippen LogP contribution in [0.1, 0.15) is 17.5 Å².